The first-order valence-electron chi connectivity index (χ1n) is 6.10. The van der Waals surface area contributed by atoms with E-state index >= 15 is 0 Å². The summed E-state index contributed by atoms with van der Waals surface area (Å²) >= 11 is 0. The van der Waals surface area contributed by atoms with Crippen molar-refractivity contribution in [3.05, 3.63) is 35.4 Å². The second-order valence-electron chi connectivity index (χ2n) is 4.05. The van der Waals surface area contributed by atoms with Crippen LogP contribution in [0.15, 0.2) is 24.3 Å². The molecule has 0 amide bonds. The van der Waals surface area contributed by atoms with Crippen LogP contribution in [0.2, 0.25) is 0 Å². The number of aryl methyl sites for hydroxylation is 1. The fourth-order valence-electron chi connectivity index (χ4n) is 1.63. The van der Waals surface area contributed by atoms with Crippen LogP contribution in [0.1, 0.15) is 42.6 Å². The lowest BCUT2D eigenvalue weighted by Gasteiger charge is -2.04. The molecule has 0 aliphatic heterocycles. The second kappa shape index (κ2) is 7.18. The van der Waals surface area contributed by atoms with Crippen LogP contribution in [-0.2, 0) is 6.42 Å². The Kier molecular flexibility index (Phi) is 5.79. The SMILES string of the molecule is CCCNCC(=O)c1ccc(CCC)cc1. The normalized spacial score (nSPS) is 10.4. The molecular weight excluding hydrogens is 198 g/mol. The molecule has 2 heteroatoms. The highest BCUT2D eigenvalue weighted by molar-refractivity contribution is 5.97. The fourth-order valence-corrected chi connectivity index (χ4v) is 1.63. The molecule has 0 aromatic heterocycles. The molecule has 0 fully saturated rings. The van der Waals surface area contributed by atoms with Crippen LogP contribution >= 0.6 is 0 Å². The number of carbonyl (C=O) groups is 1. The average molecular weight is 219 g/mol. The molecule has 0 radical (unpaired) electrons. The van der Waals surface area contributed by atoms with Gasteiger partial charge in [0.25, 0.3) is 0 Å². The van der Waals surface area contributed by atoms with Crippen molar-refractivity contribution in [2.75, 3.05) is 13.1 Å². The average Bonchev–Trinajstić information content (AvgIpc) is 2.30. The summed E-state index contributed by atoms with van der Waals surface area (Å²) in [6.45, 7) is 5.60. The van der Waals surface area contributed by atoms with Gasteiger partial charge in [0.1, 0.15) is 0 Å². The smallest absolute Gasteiger partial charge is 0.176 e. The number of carbonyl (C=O) groups excluding carboxylic acids is 1. The highest BCUT2D eigenvalue weighted by atomic mass is 16.1. The molecule has 1 N–H and O–H groups in total. The first-order chi connectivity index (χ1) is 7.77. The minimum atomic E-state index is 0.177. The van der Waals surface area contributed by atoms with Gasteiger partial charge in [0.15, 0.2) is 5.78 Å². The van der Waals surface area contributed by atoms with Crippen molar-refractivity contribution < 1.29 is 4.79 Å². The Labute approximate surface area is 98.1 Å². The van der Waals surface area contributed by atoms with E-state index in [1.54, 1.807) is 0 Å². The maximum Gasteiger partial charge on any atom is 0.176 e. The van der Waals surface area contributed by atoms with Crippen molar-refractivity contribution >= 4 is 5.78 Å². The Morgan fingerprint density at radius 1 is 1.12 bits per heavy atom. The van der Waals surface area contributed by atoms with E-state index in [1.807, 2.05) is 12.1 Å². The number of hydrogen-bond acceptors (Lipinski definition) is 2. The van der Waals surface area contributed by atoms with E-state index in [1.165, 1.54) is 5.56 Å². The van der Waals surface area contributed by atoms with Gasteiger partial charge >= 0.3 is 0 Å². The van der Waals surface area contributed by atoms with Gasteiger partial charge in [0, 0.05) is 5.56 Å². The third-order valence-electron chi connectivity index (χ3n) is 2.53. The number of benzene rings is 1. The Bertz CT molecular complexity index is 316. The lowest BCUT2D eigenvalue weighted by Crippen LogP contribution is -2.23. The molecule has 88 valence electrons. The monoisotopic (exact) mass is 219 g/mol. The zero-order chi connectivity index (χ0) is 11.8. The Morgan fingerprint density at radius 3 is 2.38 bits per heavy atom. The van der Waals surface area contributed by atoms with Crippen LogP contribution in [-0.4, -0.2) is 18.9 Å². The fraction of sp³-hybridized carbons (Fsp3) is 0.500. The van der Waals surface area contributed by atoms with Crippen LogP contribution in [0.25, 0.3) is 0 Å². The predicted molar refractivity (Wildman–Crippen MR) is 67.9 cm³/mol. The summed E-state index contributed by atoms with van der Waals surface area (Å²) in [5, 5.41) is 3.12. The van der Waals surface area contributed by atoms with Crippen LogP contribution in [0.4, 0.5) is 0 Å². The largest absolute Gasteiger partial charge is 0.310 e. The van der Waals surface area contributed by atoms with Crippen molar-refractivity contribution in [3.63, 3.8) is 0 Å². The minimum Gasteiger partial charge on any atom is -0.310 e. The topological polar surface area (TPSA) is 29.1 Å². The first kappa shape index (κ1) is 12.9. The van der Waals surface area contributed by atoms with E-state index in [0.717, 1.165) is 31.4 Å². The summed E-state index contributed by atoms with van der Waals surface area (Å²) in [5.74, 6) is 0.177. The molecule has 0 heterocycles. The molecule has 0 bridgehead atoms. The van der Waals surface area contributed by atoms with Crippen LogP contribution < -0.4 is 5.32 Å². The second-order valence-corrected chi connectivity index (χ2v) is 4.05. The molecule has 0 unspecified atom stereocenters. The Balaban J connectivity index is 2.49. The molecule has 0 saturated heterocycles. The van der Waals surface area contributed by atoms with E-state index in [0.29, 0.717) is 6.54 Å². The number of nitrogens with one attached hydrogen (secondary N) is 1. The summed E-state index contributed by atoms with van der Waals surface area (Å²) in [6.07, 6.45) is 3.29. The molecule has 1 rings (SSSR count). The standard InChI is InChI=1S/C14H21NO/c1-3-5-12-6-8-13(9-7-12)14(16)11-15-10-4-2/h6-9,15H,3-5,10-11H2,1-2H3. The summed E-state index contributed by atoms with van der Waals surface area (Å²) in [4.78, 5) is 11.7. The lowest BCUT2D eigenvalue weighted by atomic mass is 10.1. The van der Waals surface area contributed by atoms with E-state index in [4.69, 9.17) is 0 Å². The van der Waals surface area contributed by atoms with Crippen molar-refractivity contribution in [1.82, 2.24) is 5.32 Å². The molecule has 0 aliphatic rings. The highest BCUT2D eigenvalue weighted by Gasteiger charge is 2.04. The Morgan fingerprint density at radius 2 is 1.81 bits per heavy atom. The maximum absolute atomic E-state index is 11.7. The molecule has 0 atom stereocenters. The molecule has 0 spiro atoms. The molecule has 0 saturated carbocycles. The van der Waals surface area contributed by atoms with Gasteiger partial charge in [0.05, 0.1) is 6.54 Å². The summed E-state index contributed by atoms with van der Waals surface area (Å²) in [6, 6.07) is 7.97. The third-order valence-corrected chi connectivity index (χ3v) is 2.53. The molecule has 16 heavy (non-hydrogen) atoms. The van der Waals surface area contributed by atoms with Crippen LogP contribution in [0, 0.1) is 0 Å². The number of ketones is 1. The zero-order valence-corrected chi connectivity index (χ0v) is 10.3. The number of rotatable bonds is 7. The molecule has 1 aromatic rings. The van der Waals surface area contributed by atoms with Crippen molar-refractivity contribution in [1.29, 1.82) is 0 Å². The molecular formula is C14H21NO. The number of Topliss-reactive ketones (excluding diaryl/α,β-unsaturated/α-hetero) is 1. The summed E-state index contributed by atoms with van der Waals surface area (Å²) in [7, 11) is 0. The minimum absolute atomic E-state index is 0.177. The highest BCUT2D eigenvalue weighted by Crippen LogP contribution is 2.07. The van der Waals surface area contributed by atoms with E-state index < -0.39 is 0 Å². The van der Waals surface area contributed by atoms with Crippen molar-refractivity contribution in [2.45, 2.75) is 33.1 Å². The van der Waals surface area contributed by atoms with Gasteiger partial charge in [0.2, 0.25) is 0 Å². The zero-order valence-electron chi connectivity index (χ0n) is 10.3. The van der Waals surface area contributed by atoms with Gasteiger partial charge in [-0.05, 0) is 24.9 Å². The molecule has 1 aromatic carbocycles. The van der Waals surface area contributed by atoms with Gasteiger partial charge in [-0.25, -0.2) is 0 Å². The molecule has 0 aliphatic carbocycles. The van der Waals surface area contributed by atoms with Crippen LogP contribution in [0.3, 0.4) is 0 Å². The van der Waals surface area contributed by atoms with E-state index in [9.17, 15) is 4.79 Å². The van der Waals surface area contributed by atoms with Gasteiger partial charge in [-0.2, -0.15) is 0 Å². The maximum atomic E-state index is 11.7. The van der Waals surface area contributed by atoms with Gasteiger partial charge in [-0.3, -0.25) is 4.79 Å². The van der Waals surface area contributed by atoms with E-state index in [2.05, 4.69) is 31.3 Å². The quantitative estimate of drug-likeness (QED) is 0.564. The van der Waals surface area contributed by atoms with Gasteiger partial charge in [-0.15, -0.1) is 0 Å². The Hall–Kier alpha value is -1.15. The first-order valence-corrected chi connectivity index (χ1v) is 6.10. The van der Waals surface area contributed by atoms with E-state index in [-0.39, 0.29) is 5.78 Å². The molecule has 2 nitrogen and oxygen atoms in total. The summed E-state index contributed by atoms with van der Waals surface area (Å²) in [5.41, 5.74) is 2.11. The summed E-state index contributed by atoms with van der Waals surface area (Å²) < 4.78 is 0. The third kappa shape index (κ3) is 4.15. The van der Waals surface area contributed by atoms with Crippen molar-refractivity contribution in [2.24, 2.45) is 0 Å². The predicted octanol–water partition coefficient (Wildman–Crippen LogP) is 2.82. The van der Waals surface area contributed by atoms with Gasteiger partial charge in [-0.1, -0.05) is 44.5 Å². The van der Waals surface area contributed by atoms with Gasteiger partial charge < -0.3 is 5.32 Å². The van der Waals surface area contributed by atoms with Crippen molar-refractivity contribution in [3.8, 4) is 0 Å². The lowest BCUT2D eigenvalue weighted by molar-refractivity contribution is 0.0991. The van der Waals surface area contributed by atoms with Crippen LogP contribution in [0.5, 0.6) is 0 Å². The number of hydrogen-bond donors (Lipinski definition) is 1.